The van der Waals surface area contributed by atoms with Crippen LogP contribution in [0.3, 0.4) is 0 Å². The molecule has 28 heavy (non-hydrogen) atoms. The first-order chi connectivity index (χ1) is 13.2. The summed E-state index contributed by atoms with van der Waals surface area (Å²) in [5.41, 5.74) is 2.59. The third kappa shape index (κ3) is 3.03. The first-order valence-corrected chi connectivity index (χ1v) is 10.2. The summed E-state index contributed by atoms with van der Waals surface area (Å²) in [6.45, 7) is 5.37. The molecule has 6 nitrogen and oxygen atoms in total. The number of aliphatic imine (C=N–C) groups is 1. The van der Waals surface area contributed by atoms with Crippen molar-refractivity contribution in [1.29, 1.82) is 0 Å². The molecule has 0 saturated heterocycles. The van der Waals surface area contributed by atoms with E-state index in [9.17, 15) is 12.8 Å². The molecule has 1 aromatic carbocycles. The van der Waals surface area contributed by atoms with Gasteiger partial charge in [0.25, 0.3) is 0 Å². The van der Waals surface area contributed by atoms with E-state index in [1.54, 1.807) is 51.2 Å². The standard InChI is InChI=1S/C20H19FN4O2S/c1-20(2,3)28(26,27)13-4-5-16-14(9-13)17(6-7-22-16)25-19-15-8-12(21)10-23-18(15)11-24-19/h4-10H,11H2,1-3H3,(H,22,24,25). The number of rotatable bonds is 2. The molecule has 0 radical (unpaired) electrons. The highest BCUT2D eigenvalue weighted by Crippen LogP contribution is 2.30. The first-order valence-electron chi connectivity index (χ1n) is 8.76. The Bertz CT molecular complexity index is 1230. The van der Waals surface area contributed by atoms with Crippen LogP contribution in [0.5, 0.6) is 0 Å². The Hall–Kier alpha value is -2.87. The Labute approximate surface area is 162 Å². The lowest BCUT2D eigenvalue weighted by molar-refractivity contribution is 0.560. The molecule has 3 heterocycles. The average molecular weight is 398 g/mol. The summed E-state index contributed by atoms with van der Waals surface area (Å²) in [5.74, 6) is 0.0619. The van der Waals surface area contributed by atoms with Gasteiger partial charge in [0.05, 0.1) is 39.3 Å². The fraction of sp³-hybridized carbons (Fsp3) is 0.250. The lowest BCUT2D eigenvalue weighted by Crippen LogP contribution is -2.27. The molecular weight excluding hydrogens is 379 g/mol. The third-order valence-electron chi connectivity index (χ3n) is 4.66. The van der Waals surface area contributed by atoms with Gasteiger partial charge in [-0.15, -0.1) is 0 Å². The number of fused-ring (bicyclic) bond motifs is 2. The Morgan fingerprint density at radius 1 is 1.11 bits per heavy atom. The Morgan fingerprint density at radius 2 is 1.89 bits per heavy atom. The number of sulfone groups is 1. The molecule has 1 aliphatic heterocycles. The van der Waals surface area contributed by atoms with Crippen molar-refractivity contribution >= 4 is 32.3 Å². The van der Waals surface area contributed by atoms with Crippen LogP contribution >= 0.6 is 0 Å². The van der Waals surface area contributed by atoms with E-state index >= 15 is 0 Å². The second-order valence-electron chi connectivity index (χ2n) is 7.59. The molecule has 0 unspecified atom stereocenters. The Balaban J connectivity index is 1.79. The van der Waals surface area contributed by atoms with Crippen molar-refractivity contribution in [3.05, 3.63) is 59.8 Å². The van der Waals surface area contributed by atoms with Crippen LogP contribution in [0.25, 0.3) is 10.9 Å². The van der Waals surface area contributed by atoms with Crippen molar-refractivity contribution < 1.29 is 12.8 Å². The molecule has 8 heteroatoms. The molecule has 0 aliphatic carbocycles. The number of anilines is 1. The molecule has 3 aromatic rings. The minimum Gasteiger partial charge on any atom is -0.339 e. The largest absolute Gasteiger partial charge is 0.339 e. The van der Waals surface area contributed by atoms with Crippen LogP contribution in [0.4, 0.5) is 10.1 Å². The SMILES string of the molecule is CC(C)(C)S(=O)(=O)c1ccc2nccc(NC3=NCc4ncc(F)cc43)c2c1. The van der Waals surface area contributed by atoms with Gasteiger partial charge in [-0.25, -0.2) is 12.8 Å². The predicted molar refractivity (Wildman–Crippen MR) is 107 cm³/mol. The van der Waals surface area contributed by atoms with Crippen molar-refractivity contribution in [2.75, 3.05) is 5.32 Å². The van der Waals surface area contributed by atoms with Crippen LogP contribution < -0.4 is 5.32 Å². The molecular formula is C20H19FN4O2S. The number of benzene rings is 1. The molecule has 2 aromatic heterocycles. The van der Waals surface area contributed by atoms with Gasteiger partial charge in [-0.3, -0.25) is 15.0 Å². The number of hydrogen-bond acceptors (Lipinski definition) is 6. The van der Waals surface area contributed by atoms with Crippen LogP contribution in [-0.4, -0.2) is 29.0 Å². The number of pyridine rings is 2. The minimum atomic E-state index is -3.51. The molecule has 4 rings (SSSR count). The highest BCUT2D eigenvalue weighted by Gasteiger charge is 2.31. The topological polar surface area (TPSA) is 84.3 Å². The Kier molecular flexibility index (Phi) is 4.19. The lowest BCUT2D eigenvalue weighted by atomic mass is 10.1. The van der Waals surface area contributed by atoms with Crippen molar-refractivity contribution in [3.63, 3.8) is 0 Å². The van der Waals surface area contributed by atoms with Crippen molar-refractivity contribution in [1.82, 2.24) is 9.97 Å². The van der Waals surface area contributed by atoms with Crippen LogP contribution in [0.1, 0.15) is 32.0 Å². The maximum absolute atomic E-state index is 13.6. The summed E-state index contributed by atoms with van der Waals surface area (Å²) in [7, 11) is -3.51. The molecule has 0 fully saturated rings. The van der Waals surface area contributed by atoms with Gasteiger partial charge in [0.2, 0.25) is 0 Å². The zero-order valence-electron chi connectivity index (χ0n) is 15.7. The summed E-state index contributed by atoms with van der Waals surface area (Å²) < 4.78 is 38.4. The molecule has 144 valence electrons. The number of halogens is 1. The first kappa shape index (κ1) is 18.5. The predicted octanol–water partition coefficient (Wildman–Crippen LogP) is 3.71. The van der Waals surface area contributed by atoms with Gasteiger partial charge >= 0.3 is 0 Å². The normalized spacial score (nSPS) is 14.1. The van der Waals surface area contributed by atoms with Gasteiger partial charge in [-0.05, 0) is 51.1 Å². The molecule has 0 saturated carbocycles. The van der Waals surface area contributed by atoms with E-state index in [-0.39, 0.29) is 4.90 Å². The van der Waals surface area contributed by atoms with Gasteiger partial charge in [0.1, 0.15) is 11.7 Å². The van der Waals surface area contributed by atoms with Crippen LogP contribution in [0, 0.1) is 5.82 Å². The van der Waals surface area contributed by atoms with E-state index in [2.05, 4.69) is 20.3 Å². The molecule has 1 aliphatic rings. The number of nitrogens with zero attached hydrogens (tertiary/aromatic N) is 3. The van der Waals surface area contributed by atoms with E-state index in [4.69, 9.17) is 0 Å². The zero-order chi connectivity index (χ0) is 20.1. The van der Waals surface area contributed by atoms with Crippen LogP contribution in [0.2, 0.25) is 0 Å². The van der Waals surface area contributed by atoms with Crippen LogP contribution in [0.15, 0.2) is 52.6 Å². The van der Waals surface area contributed by atoms with E-state index < -0.39 is 20.4 Å². The van der Waals surface area contributed by atoms with E-state index in [0.29, 0.717) is 40.2 Å². The lowest BCUT2D eigenvalue weighted by Gasteiger charge is -2.20. The number of hydrogen-bond donors (Lipinski definition) is 1. The van der Waals surface area contributed by atoms with Gasteiger partial charge in [-0.1, -0.05) is 0 Å². The molecule has 0 atom stereocenters. The second-order valence-corrected chi connectivity index (χ2v) is 10.3. The summed E-state index contributed by atoms with van der Waals surface area (Å²) in [6, 6.07) is 8.00. The zero-order valence-corrected chi connectivity index (χ0v) is 16.5. The highest BCUT2D eigenvalue weighted by molar-refractivity contribution is 7.92. The summed E-state index contributed by atoms with van der Waals surface area (Å²) in [6.07, 6.45) is 2.80. The summed E-state index contributed by atoms with van der Waals surface area (Å²) >= 11 is 0. The second kappa shape index (κ2) is 6.34. The molecule has 0 amide bonds. The fourth-order valence-electron chi connectivity index (χ4n) is 3.03. The molecule has 0 bridgehead atoms. The quantitative estimate of drug-likeness (QED) is 0.711. The monoisotopic (exact) mass is 398 g/mol. The summed E-state index contributed by atoms with van der Waals surface area (Å²) in [5, 5.41) is 3.84. The van der Waals surface area contributed by atoms with Crippen LogP contribution in [-0.2, 0) is 16.4 Å². The smallest absolute Gasteiger partial charge is 0.183 e. The maximum atomic E-state index is 13.6. The fourth-order valence-corrected chi connectivity index (χ4v) is 4.25. The van der Waals surface area contributed by atoms with Gasteiger partial charge in [-0.2, -0.15) is 0 Å². The maximum Gasteiger partial charge on any atom is 0.183 e. The number of nitrogens with one attached hydrogen (secondary N) is 1. The van der Waals surface area contributed by atoms with Gasteiger partial charge < -0.3 is 5.32 Å². The van der Waals surface area contributed by atoms with E-state index in [0.717, 1.165) is 0 Å². The Morgan fingerprint density at radius 3 is 2.64 bits per heavy atom. The van der Waals surface area contributed by atoms with Gasteiger partial charge in [0.15, 0.2) is 9.84 Å². The third-order valence-corrected chi connectivity index (χ3v) is 7.15. The molecule has 1 N–H and O–H groups in total. The summed E-state index contributed by atoms with van der Waals surface area (Å²) in [4.78, 5) is 13.0. The van der Waals surface area contributed by atoms with Crippen molar-refractivity contribution in [2.24, 2.45) is 4.99 Å². The van der Waals surface area contributed by atoms with E-state index in [1.807, 2.05) is 0 Å². The average Bonchev–Trinajstić information content (AvgIpc) is 3.02. The highest BCUT2D eigenvalue weighted by atomic mass is 32.2. The van der Waals surface area contributed by atoms with E-state index in [1.165, 1.54) is 12.3 Å². The number of amidine groups is 1. The van der Waals surface area contributed by atoms with Crippen molar-refractivity contribution in [3.8, 4) is 0 Å². The van der Waals surface area contributed by atoms with Gasteiger partial charge in [0, 0.05) is 17.1 Å². The molecule has 0 spiro atoms. The van der Waals surface area contributed by atoms with Crippen molar-refractivity contribution in [2.45, 2.75) is 37.0 Å². The minimum absolute atomic E-state index is 0.227. The number of aromatic nitrogens is 2.